The van der Waals surface area contributed by atoms with Gasteiger partial charge in [0.2, 0.25) is 0 Å². The molecule has 4 heteroatoms. The largest absolute Gasteiger partial charge is 0.492 e. The fourth-order valence-corrected chi connectivity index (χ4v) is 3.13. The summed E-state index contributed by atoms with van der Waals surface area (Å²) in [4.78, 5) is 3.95. The molecule has 1 fully saturated rings. The molecule has 0 atom stereocenters. The van der Waals surface area contributed by atoms with Crippen molar-refractivity contribution in [1.29, 1.82) is 0 Å². The molecule has 0 unspecified atom stereocenters. The van der Waals surface area contributed by atoms with E-state index in [9.17, 15) is 4.39 Å². The number of halogens is 1. The second kappa shape index (κ2) is 7.47. The molecule has 0 radical (unpaired) electrons. The van der Waals surface area contributed by atoms with Gasteiger partial charge in [0.05, 0.1) is 38.5 Å². The second-order valence-electron chi connectivity index (χ2n) is 5.94. The number of nitrogens with one attached hydrogen (secondary N) is 1. The Labute approximate surface area is 137 Å². The minimum absolute atomic E-state index is 0.166. The lowest BCUT2D eigenvalue weighted by Crippen LogP contribution is -3.13. The number of hydrogen-bond donors (Lipinski definition) is 1. The molecule has 0 aliphatic carbocycles. The van der Waals surface area contributed by atoms with E-state index in [0.717, 1.165) is 38.5 Å². The van der Waals surface area contributed by atoms with Crippen LogP contribution in [0.2, 0.25) is 0 Å². The van der Waals surface area contributed by atoms with Crippen molar-refractivity contribution in [2.45, 2.75) is 13.5 Å². The number of rotatable bonds is 5. The van der Waals surface area contributed by atoms with Gasteiger partial charge in [-0.25, -0.2) is 4.39 Å². The first-order valence-electron chi connectivity index (χ1n) is 8.31. The van der Waals surface area contributed by atoms with E-state index in [2.05, 4.69) is 17.0 Å². The summed E-state index contributed by atoms with van der Waals surface area (Å²) in [6.07, 6.45) is 0. The molecule has 0 aromatic heterocycles. The molecule has 0 saturated carbocycles. The van der Waals surface area contributed by atoms with E-state index in [0.29, 0.717) is 6.61 Å². The molecule has 2 aromatic carbocycles. The zero-order valence-corrected chi connectivity index (χ0v) is 13.6. The van der Waals surface area contributed by atoms with Gasteiger partial charge in [-0.05, 0) is 31.2 Å². The Bertz CT molecular complexity index is 622. The lowest BCUT2D eigenvalue weighted by atomic mass is 10.2. The van der Waals surface area contributed by atoms with Crippen molar-refractivity contribution in [3.63, 3.8) is 0 Å². The van der Waals surface area contributed by atoms with Gasteiger partial charge >= 0.3 is 0 Å². The summed E-state index contributed by atoms with van der Waals surface area (Å²) in [5, 5.41) is 0. The first-order chi connectivity index (χ1) is 11.3. The van der Waals surface area contributed by atoms with E-state index in [1.54, 1.807) is 17.0 Å². The van der Waals surface area contributed by atoms with Gasteiger partial charge in [0.25, 0.3) is 0 Å². The second-order valence-corrected chi connectivity index (χ2v) is 5.94. The van der Waals surface area contributed by atoms with Gasteiger partial charge in [-0.2, -0.15) is 0 Å². The third-order valence-electron chi connectivity index (χ3n) is 4.34. The van der Waals surface area contributed by atoms with E-state index in [-0.39, 0.29) is 5.82 Å². The molecule has 0 bridgehead atoms. The third kappa shape index (κ3) is 4.02. The third-order valence-corrected chi connectivity index (χ3v) is 4.34. The van der Waals surface area contributed by atoms with Crippen molar-refractivity contribution in [2.75, 3.05) is 37.7 Å². The minimum Gasteiger partial charge on any atom is -0.492 e. The van der Waals surface area contributed by atoms with Crippen LogP contribution >= 0.6 is 0 Å². The number of quaternary nitrogens is 1. The Balaban J connectivity index is 1.59. The van der Waals surface area contributed by atoms with E-state index in [1.807, 2.05) is 31.2 Å². The molecule has 1 aliphatic rings. The molecule has 122 valence electrons. The number of benzene rings is 2. The van der Waals surface area contributed by atoms with Crippen molar-refractivity contribution in [2.24, 2.45) is 0 Å². The SMILES string of the molecule is CCOc1ccccc1N1CC[NH+](Cc2ccc(F)cc2)CC1. The number of para-hydroxylation sites is 2. The normalized spacial score (nSPS) is 15.7. The smallest absolute Gasteiger partial charge is 0.142 e. The van der Waals surface area contributed by atoms with Crippen LogP contribution in [0.1, 0.15) is 12.5 Å². The van der Waals surface area contributed by atoms with Crippen LogP contribution in [0.3, 0.4) is 0 Å². The van der Waals surface area contributed by atoms with E-state index in [4.69, 9.17) is 4.74 Å². The van der Waals surface area contributed by atoms with E-state index < -0.39 is 0 Å². The first kappa shape index (κ1) is 15.8. The highest BCUT2D eigenvalue weighted by atomic mass is 19.1. The molecule has 23 heavy (non-hydrogen) atoms. The number of hydrogen-bond acceptors (Lipinski definition) is 2. The zero-order chi connectivity index (χ0) is 16.1. The van der Waals surface area contributed by atoms with Gasteiger partial charge in [0.15, 0.2) is 0 Å². The fraction of sp³-hybridized carbons (Fsp3) is 0.368. The number of nitrogens with zero attached hydrogens (tertiary/aromatic N) is 1. The van der Waals surface area contributed by atoms with Crippen LogP contribution in [0.5, 0.6) is 5.75 Å². The van der Waals surface area contributed by atoms with Crippen LogP contribution in [-0.4, -0.2) is 32.8 Å². The van der Waals surface area contributed by atoms with Crippen LogP contribution in [0.4, 0.5) is 10.1 Å². The molecule has 3 rings (SSSR count). The van der Waals surface area contributed by atoms with Gasteiger partial charge in [-0.3, -0.25) is 0 Å². The monoisotopic (exact) mass is 315 g/mol. The van der Waals surface area contributed by atoms with E-state index in [1.165, 1.54) is 11.3 Å². The fourth-order valence-electron chi connectivity index (χ4n) is 3.13. The summed E-state index contributed by atoms with van der Waals surface area (Å²) < 4.78 is 18.7. The Hall–Kier alpha value is -2.07. The van der Waals surface area contributed by atoms with Gasteiger partial charge in [0.1, 0.15) is 18.1 Å². The van der Waals surface area contributed by atoms with Gasteiger partial charge in [0, 0.05) is 5.56 Å². The van der Waals surface area contributed by atoms with Crippen LogP contribution in [0.15, 0.2) is 48.5 Å². The average molecular weight is 315 g/mol. The van der Waals surface area contributed by atoms with Crippen molar-refractivity contribution < 1.29 is 14.0 Å². The van der Waals surface area contributed by atoms with E-state index >= 15 is 0 Å². The van der Waals surface area contributed by atoms with Crippen LogP contribution in [0.25, 0.3) is 0 Å². The summed E-state index contributed by atoms with van der Waals surface area (Å²) in [7, 11) is 0. The van der Waals surface area contributed by atoms with Gasteiger partial charge in [-0.15, -0.1) is 0 Å². The Morgan fingerprint density at radius 2 is 1.74 bits per heavy atom. The molecule has 1 saturated heterocycles. The summed E-state index contributed by atoms with van der Waals surface area (Å²) in [5.41, 5.74) is 2.39. The topological polar surface area (TPSA) is 16.9 Å². The number of piperazine rings is 1. The maximum Gasteiger partial charge on any atom is 0.142 e. The predicted molar refractivity (Wildman–Crippen MR) is 90.6 cm³/mol. The maximum atomic E-state index is 13.0. The predicted octanol–water partition coefficient (Wildman–Crippen LogP) is 2.13. The lowest BCUT2D eigenvalue weighted by molar-refractivity contribution is -0.914. The van der Waals surface area contributed by atoms with Gasteiger partial charge < -0.3 is 14.5 Å². The molecular weight excluding hydrogens is 291 g/mol. The van der Waals surface area contributed by atoms with Gasteiger partial charge in [-0.1, -0.05) is 24.3 Å². The standard InChI is InChI=1S/C19H23FN2O/c1-2-23-19-6-4-3-5-18(19)22-13-11-21(12-14-22)15-16-7-9-17(20)10-8-16/h3-10H,2,11-15H2,1H3/p+1. The van der Waals surface area contributed by atoms with Crippen molar-refractivity contribution in [3.8, 4) is 5.75 Å². The molecule has 1 N–H and O–H groups in total. The lowest BCUT2D eigenvalue weighted by Gasteiger charge is -2.34. The molecule has 1 heterocycles. The molecule has 2 aromatic rings. The van der Waals surface area contributed by atoms with Crippen molar-refractivity contribution in [1.82, 2.24) is 0 Å². The number of anilines is 1. The van der Waals surface area contributed by atoms with Crippen molar-refractivity contribution in [3.05, 3.63) is 59.9 Å². The Morgan fingerprint density at radius 3 is 2.43 bits per heavy atom. The quantitative estimate of drug-likeness (QED) is 0.910. The van der Waals surface area contributed by atoms with Crippen LogP contribution in [-0.2, 0) is 6.54 Å². The summed E-state index contributed by atoms with van der Waals surface area (Å²) >= 11 is 0. The Morgan fingerprint density at radius 1 is 1.04 bits per heavy atom. The molecule has 1 aliphatic heterocycles. The Kier molecular flexibility index (Phi) is 5.13. The molecule has 3 nitrogen and oxygen atoms in total. The average Bonchev–Trinajstić information content (AvgIpc) is 2.59. The highest BCUT2D eigenvalue weighted by Gasteiger charge is 2.22. The minimum atomic E-state index is -0.166. The first-order valence-corrected chi connectivity index (χ1v) is 8.31. The molecule has 0 amide bonds. The highest BCUT2D eigenvalue weighted by molar-refractivity contribution is 5.58. The maximum absolute atomic E-state index is 13.0. The number of ether oxygens (including phenoxy) is 1. The molecule has 0 spiro atoms. The summed E-state index contributed by atoms with van der Waals surface area (Å²) in [6.45, 7) is 7.85. The van der Waals surface area contributed by atoms with Crippen LogP contribution < -0.4 is 14.5 Å². The van der Waals surface area contributed by atoms with Crippen molar-refractivity contribution >= 4 is 5.69 Å². The molecular formula is C19H24FN2O+. The zero-order valence-electron chi connectivity index (χ0n) is 13.6. The summed E-state index contributed by atoms with van der Waals surface area (Å²) in [5.74, 6) is 0.804. The summed E-state index contributed by atoms with van der Waals surface area (Å²) in [6, 6.07) is 15.1. The highest BCUT2D eigenvalue weighted by Crippen LogP contribution is 2.27. The van der Waals surface area contributed by atoms with Crippen LogP contribution in [0, 0.1) is 5.82 Å².